The third-order valence-corrected chi connectivity index (χ3v) is 6.52. The van der Waals surface area contributed by atoms with Crippen molar-refractivity contribution in [2.45, 2.75) is 0 Å². The largest absolute Gasteiger partial charge is 0.467 e. The van der Waals surface area contributed by atoms with Crippen LogP contribution in [0.5, 0.6) is 6.01 Å². The summed E-state index contributed by atoms with van der Waals surface area (Å²) in [4.78, 5) is 28.9. The first-order valence-corrected chi connectivity index (χ1v) is 12.3. The second-order valence-corrected chi connectivity index (χ2v) is 9.29. The van der Waals surface area contributed by atoms with E-state index < -0.39 is 21.8 Å². The number of rotatable bonds is 7. The van der Waals surface area contributed by atoms with E-state index in [0.29, 0.717) is 26.5 Å². The fourth-order valence-corrected chi connectivity index (χ4v) is 4.73. The van der Waals surface area contributed by atoms with Crippen molar-refractivity contribution in [2.75, 3.05) is 11.4 Å². The van der Waals surface area contributed by atoms with E-state index in [1.165, 1.54) is 43.6 Å². The Hall–Kier alpha value is -4.68. The molecule has 0 spiro atoms. The second kappa shape index (κ2) is 9.41. The highest BCUT2D eigenvalue weighted by Crippen LogP contribution is 2.33. The quantitative estimate of drug-likeness (QED) is 0.312. The van der Waals surface area contributed by atoms with Gasteiger partial charge in [0.2, 0.25) is 0 Å². The summed E-state index contributed by atoms with van der Waals surface area (Å²) in [6.45, 7) is 0. The highest BCUT2D eigenvalue weighted by Gasteiger charge is 2.27. The molecule has 0 radical (unpaired) electrons. The van der Waals surface area contributed by atoms with Gasteiger partial charge < -0.3 is 9.72 Å². The van der Waals surface area contributed by atoms with E-state index in [1.54, 1.807) is 42.9 Å². The molecule has 0 fully saturated rings. The fourth-order valence-electron chi connectivity index (χ4n) is 3.90. The lowest BCUT2D eigenvalue weighted by molar-refractivity contribution is 0.103. The number of pyridine rings is 1. The Bertz CT molecular complexity index is 1720. The first-order valence-electron chi connectivity index (χ1n) is 10.8. The van der Waals surface area contributed by atoms with E-state index in [0.717, 1.165) is 0 Å². The maximum Gasteiger partial charge on any atom is 0.316 e. The molecule has 186 valence electrons. The SMILES string of the molecule is COc1ncc(-c2cnc3[nH]cc(C(=O)c4cccc(N(c5ccccc5)S(N)(=O)=O)c4F)c3c2)cn1. The van der Waals surface area contributed by atoms with Gasteiger partial charge >= 0.3 is 16.2 Å². The maximum absolute atomic E-state index is 15.8. The van der Waals surface area contributed by atoms with Crippen LogP contribution in [0.2, 0.25) is 0 Å². The summed E-state index contributed by atoms with van der Waals surface area (Å²) in [7, 11) is -2.97. The predicted molar refractivity (Wildman–Crippen MR) is 135 cm³/mol. The van der Waals surface area contributed by atoms with Crippen molar-refractivity contribution < 1.29 is 22.3 Å². The number of halogens is 1. The van der Waals surface area contributed by atoms with E-state index in [9.17, 15) is 13.2 Å². The minimum absolute atomic E-state index is 0.121. The number of anilines is 2. The third-order valence-electron chi connectivity index (χ3n) is 5.61. The van der Waals surface area contributed by atoms with Gasteiger partial charge in [0.1, 0.15) is 5.65 Å². The molecule has 2 aromatic carbocycles. The first kappa shape index (κ1) is 24.0. The lowest BCUT2D eigenvalue weighted by atomic mass is 10.0. The number of nitrogens with zero attached hydrogens (tertiary/aromatic N) is 4. The van der Waals surface area contributed by atoms with Gasteiger partial charge in [0, 0.05) is 46.9 Å². The number of para-hydroxylation sites is 1. The van der Waals surface area contributed by atoms with Crippen LogP contribution in [0.4, 0.5) is 15.8 Å². The topological polar surface area (TPSA) is 144 Å². The van der Waals surface area contributed by atoms with Gasteiger partial charge in [-0.15, -0.1) is 0 Å². The highest BCUT2D eigenvalue weighted by atomic mass is 32.2. The Labute approximate surface area is 210 Å². The summed E-state index contributed by atoms with van der Waals surface area (Å²) in [6.07, 6.45) is 6.12. The number of nitrogens with one attached hydrogen (secondary N) is 1. The van der Waals surface area contributed by atoms with Gasteiger partial charge in [0.25, 0.3) is 0 Å². The molecule has 0 aliphatic heterocycles. The molecule has 3 N–H and O–H groups in total. The van der Waals surface area contributed by atoms with Crippen molar-refractivity contribution in [1.29, 1.82) is 0 Å². The number of benzene rings is 2. The Morgan fingerprint density at radius 3 is 2.35 bits per heavy atom. The average Bonchev–Trinajstić information content (AvgIpc) is 3.33. The number of hydrogen-bond acceptors (Lipinski definition) is 7. The normalized spacial score (nSPS) is 11.4. The number of ether oxygens (including phenoxy) is 1. The first-order chi connectivity index (χ1) is 17.8. The molecule has 3 aromatic heterocycles. The van der Waals surface area contributed by atoms with Crippen LogP contribution < -0.4 is 14.2 Å². The number of H-pyrrole nitrogens is 1. The zero-order valence-corrected chi connectivity index (χ0v) is 20.1. The summed E-state index contributed by atoms with van der Waals surface area (Å²) < 4.78 is 46.2. The highest BCUT2D eigenvalue weighted by molar-refractivity contribution is 7.90. The molecule has 0 saturated carbocycles. The molecule has 0 bridgehead atoms. The summed E-state index contributed by atoms with van der Waals surface area (Å²) in [5, 5.41) is 5.85. The number of carbonyl (C=O) groups is 1. The van der Waals surface area contributed by atoms with Crippen molar-refractivity contribution in [3.8, 4) is 17.1 Å². The zero-order valence-electron chi connectivity index (χ0n) is 19.3. The number of aromatic nitrogens is 4. The van der Waals surface area contributed by atoms with E-state index in [1.807, 2.05) is 0 Å². The van der Waals surface area contributed by atoms with Crippen LogP contribution in [0, 0.1) is 5.82 Å². The summed E-state index contributed by atoms with van der Waals surface area (Å²) in [5.41, 5.74) is 1.23. The minimum Gasteiger partial charge on any atom is -0.467 e. The van der Waals surface area contributed by atoms with Crippen LogP contribution in [0.25, 0.3) is 22.2 Å². The molecule has 0 aliphatic carbocycles. The molecule has 0 unspecified atom stereocenters. The van der Waals surface area contributed by atoms with Crippen molar-refractivity contribution in [3.05, 3.63) is 96.3 Å². The maximum atomic E-state index is 15.8. The summed E-state index contributed by atoms with van der Waals surface area (Å²) in [6, 6.07) is 13.6. The standard InChI is InChI=1S/C25H19FN6O4S/c1-36-25-30-12-16(13-31-25)15-10-19-20(14-29-24(19)28-11-15)23(33)18-8-5-9-21(22(18)26)32(37(27,34)35)17-6-3-2-4-7-17/h2-14H,1H3,(H,28,29)(H2,27,34,35). The van der Waals surface area contributed by atoms with E-state index in [2.05, 4.69) is 19.9 Å². The van der Waals surface area contributed by atoms with Gasteiger partial charge in [-0.3, -0.25) is 4.79 Å². The third kappa shape index (κ3) is 4.50. The van der Waals surface area contributed by atoms with Crippen molar-refractivity contribution >= 4 is 38.4 Å². The van der Waals surface area contributed by atoms with Crippen molar-refractivity contribution in [3.63, 3.8) is 0 Å². The van der Waals surface area contributed by atoms with Gasteiger partial charge in [-0.25, -0.2) is 28.8 Å². The molecule has 5 rings (SSSR count). The Balaban J connectivity index is 1.59. The predicted octanol–water partition coefficient (Wildman–Crippen LogP) is 3.74. The second-order valence-electron chi connectivity index (χ2n) is 7.89. The van der Waals surface area contributed by atoms with Gasteiger partial charge in [-0.1, -0.05) is 24.3 Å². The summed E-state index contributed by atoms with van der Waals surface area (Å²) >= 11 is 0. The van der Waals surface area contributed by atoms with E-state index >= 15 is 4.39 Å². The van der Waals surface area contributed by atoms with Gasteiger partial charge in [0.05, 0.1) is 24.0 Å². The Morgan fingerprint density at radius 1 is 0.973 bits per heavy atom. The van der Waals surface area contributed by atoms with Gasteiger partial charge in [-0.2, -0.15) is 8.42 Å². The number of carbonyl (C=O) groups excluding carboxylic acids is 1. The minimum atomic E-state index is -4.42. The number of hydrogen-bond donors (Lipinski definition) is 2. The van der Waals surface area contributed by atoms with Crippen LogP contribution in [-0.2, 0) is 10.2 Å². The van der Waals surface area contributed by atoms with Crippen LogP contribution in [0.1, 0.15) is 15.9 Å². The van der Waals surface area contributed by atoms with Crippen molar-refractivity contribution in [1.82, 2.24) is 19.9 Å². The van der Waals surface area contributed by atoms with Crippen LogP contribution in [0.3, 0.4) is 0 Å². The molecular weight excluding hydrogens is 499 g/mol. The molecule has 0 amide bonds. The molecule has 10 nitrogen and oxygen atoms in total. The smallest absolute Gasteiger partial charge is 0.316 e. The number of methoxy groups -OCH3 is 1. The van der Waals surface area contributed by atoms with Crippen molar-refractivity contribution in [2.24, 2.45) is 5.14 Å². The van der Waals surface area contributed by atoms with Gasteiger partial charge in [0.15, 0.2) is 11.6 Å². The van der Waals surface area contributed by atoms with Crippen LogP contribution >= 0.6 is 0 Å². The summed E-state index contributed by atoms with van der Waals surface area (Å²) in [5.74, 6) is -1.70. The lowest BCUT2D eigenvalue weighted by Gasteiger charge is -2.23. The number of nitrogens with two attached hydrogens (primary N) is 1. The Morgan fingerprint density at radius 2 is 1.68 bits per heavy atom. The zero-order chi connectivity index (χ0) is 26.2. The Kier molecular flexibility index (Phi) is 6.11. The molecule has 0 aliphatic rings. The molecule has 0 saturated heterocycles. The lowest BCUT2D eigenvalue weighted by Crippen LogP contribution is -2.33. The van der Waals surface area contributed by atoms with Crippen LogP contribution in [0.15, 0.2) is 79.4 Å². The molecular formula is C25H19FN6O4S. The number of ketones is 1. The average molecular weight is 519 g/mol. The van der Waals surface area contributed by atoms with Gasteiger partial charge in [-0.05, 0) is 30.3 Å². The fraction of sp³-hybridized carbons (Fsp3) is 0.0400. The molecule has 0 atom stereocenters. The number of aromatic amines is 1. The monoisotopic (exact) mass is 518 g/mol. The van der Waals surface area contributed by atoms with E-state index in [4.69, 9.17) is 9.88 Å². The molecule has 3 heterocycles. The molecule has 37 heavy (non-hydrogen) atoms. The number of fused-ring (bicyclic) bond motifs is 1. The molecule has 12 heteroatoms. The van der Waals surface area contributed by atoms with Crippen LogP contribution in [-0.4, -0.2) is 41.2 Å². The van der Waals surface area contributed by atoms with E-state index in [-0.39, 0.29) is 28.5 Å². The molecule has 5 aromatic rings.